The first kappa shape index (κ1) is 12.8. The molecule has 0 aliphatic carbocycles. The predicted octanol–water partition coefficient (Wildman–Crippen LogP) is 3.17. The molecule has 0 saturated carbocycles. The standard InChI is InChI=1S/C13H14N.Y/c1-3-10-9-14-13(4-2)12-8-6-5-7-11(10)12;/h5-9H,2-4H2,1H3;/q-1;. The van der Waals surface area contributed by atoms with Crippen LogP contribution in [0.5, 0.6) is 0 Å². The van der Waals surface area contributed by atoms with Crippen molar-refractivity contribution in [2.24, 2.45) is 0 Å². The molecular weight excluding hydrogens is 259 g/mol. The Morgan fingerprint density at radius 1 is 1.20 bits per heavy atom. The van der Waals surface area contributed by atoms with E-state index in [1.165, 1.54) is 16.3 Å². The first-order chi connectivity index (χ1) is 6.86. The molecule has 0 spiro atoms. The van der Waals surface area contributed by atoms with Crippen LogP contribution in [0.4, 0.5) is 0 Å². The molecule has 0 aliphatic heterocycles. The number of aryl methyl sites for hydroxylation is 1. The molecule has 0 bridgehead atoms. The molecule has 1 aromatic carbocycles. The average Bonchev–Trinajstić information content (AvgIpc) is 2.27. The van der Waals surface area contributed by atoms with E-state index in [2.05, 4.69) is 43.1 Å². The second kappa shape index (κ2) is 5.72. The van der Waals surface area contributed by atoms with E-state index in [4.69, 9.17) is 0 Å². The summed E-state index contributed by atoms with van der Waals surface area (Å²) >= 11 is 0. The van der Waals surface area contributed by atoms with Crippen LogP contribution in [0.15, 0.2) is 30.5 Å². The van der Waals surface area contributed by atoms with Gasteiger partial charge in [-0.1, -0.05) is 31.2 Å². The summed E-state index contributed by atoms with van der Waals surface area (Å²) in [6.45, 7) is 6.06. The van der Waals surface area contributed by atoms with Crippen LogP contribution in [0.2, 0.25) is 0 Å². The zero-order chi connectivity index (χ0) is 9.97. The van der Waals surface area contributed by atoms with Crippen molar-refractivity contribution in [1.29, 1.82) is 0 Å². The monoisotopic (exact) mass is 273 g/mol. The zero-order valence-electron chi connectivity index (χ0n) is 9.03. The fourth-order valence-electron chi connectivity index (χ4n) is 1.79. The van der Waals surface area contributed by atoms with Gasteiger partial charge in [0.05, 0.1) is 0 Å². The molecule has 2 heteroatoms. The molecule has 0 unspecified atom stereocenters. The van der Waals surface area contributed by atoms with Crippen molar-refractivity contribution < 1.29 is 32.7 Å². The Balaban J connectivity index is 0.00000112. The molecule has 0 N–H and O–H groups in total. The second-order valence-corrected chi connectivity index (χ2v) is 3.38. The molecule has 2 aromatic rings. The second-order valence-electron chi connectivity index (χ2n) is 3.38. The number of rotatable bonds is 2. The summed E-state index contributed by atoms with van der Waals surface area (Å²) in [5.74, 6) is 0. The van der Waals surface area contributed by atoms with Crippen LogP contribution in [0.25, 0.3) is 10.8 Å². The summed E-state index contributed by atoms with van der Waals surface area (Å²) in [5.41, 5.74) is 2.41. The number of fused-ring (bicyclic) bond motifs is 1. The minimum atomic E-state index is 0. The molecule has 15 heavy (non-hydrogen) atoms. The number of pyridine rings is 1. The van der Waals surface area contributed by atoms with Crippen molar-refractivity contribution in [3.05, 3.63) is 48.6 Å². The Hall–Kier alpha value is -0.266. The van der Waals surface area contributed by atoms with E-state index in [0.717, 1.165) is 18.5 Å². The fourth-order valence-corrected chi connectivity index (χ4v) is 1.79. The van der Waals surface area contributed by atoms with Gasteiger partial charge in [0.1, 0.15) is 0 Å². The summed E-state index contributed by atoms with van der Waals surface area (Å²) in [5, 5.41) is 2.57. The summed E-state index contributed by atoms with van der Waals surface area (Å²) < 4.78 is 0. The molecule has 1 radical (unpaired) electrons. The predicted molar refractivity (Wildman–Crippen MR) is 60.2 cm³/mol. The van der Waals surface area contributed by atoms with Crippen molar-refractivity contribution in [3.63, 3.8) is 0 Å². The number of benzene rings is 1. The molecule has 2 rings (SSSR count). The van der Waals surface area contributed by atoms with Gasteiger partial charge in [-0.15, -0.1) is 6.42 Å². The van der Waals surface area contributed by atoms with E-state index < -0.39 is 0 Å². The smallest absolute Gasteiger partial charge is 0.0308 e. The SMILES string of the molecule is [CH2-]Cc1ncc(CC)c2ccccc12.[Y]. The topological polar surface area (TPSA) is 12.9 Å². The summed E-state index contributed by atoms with van der Waals surface area (Å²) in [6.07, 6.45) is 3.76. The molecule has 0 saturated heterocycles. The van der Waals surface area contributed by atoms with E-state index in [9.17, 15) is 0 Å². The van der Waals surface area contributed by atoms with Gasteiger partial charge >= 0.3 is 0 Å². The molecule has 1 heterocycles. The third-order valence-corrected chi connectivity index (χ3v) is 2.58. The van der Waals surface area contributed by atoms with Crippen LogP contribution in [0, 0.1) is 6.92 Å². The largest absolute Gasteiger partial charge is 0.338 e. The summed E-state index contributed by atoms with van der Waals surface area (Å²) in [4.78, 5) is 4.43. The first-order valence-electron chi connectivity index (χ1n) is 5.01. The van der Waals surface area contributed by atoms with Crippen LogP contribution >= 0.6 is 0 Å². The maximum atomic E-state index is 4.43. The van der Waals surface area contributed by atoms with Crippen molar-refractivity contribution in [2.75, 3.05) is 0 Å². The molecule has 0 fully saturated rings. The van der Waals surface area contributed by atoms with Crippen LogP contribution in [0.1, 0.15) is 18.2 Å². The quantitative estimate of drug-likeness (QED) is 0.766. The molecule has 0 aliphatic rings. The maximum Gasteiger partial charge on any atom is 0.0308 e. The van der Waals surface area contributed by atoms with E-state index in [-0.39, 0.29) is 32.7 Å². The van der Waals surface area contributed by atoms with Gasteiger partial charge in [-0.3, -0.25) is 4.98 Å². The van der Waals surface area contributed by atoms with Gasteiger partial charge in [0, 0.05) is 50.0 Å². The Morgan fingerprint density at radius 3 is 2.47 bits per heavy atom. The Labute approximate surface area is 116 Å². The number of hydrogen-bond acceptors (Lipinski definition) is 1. The average molecular weight is 273 g/mol. The van der Waals surface area contributed by atoms with Gasteiger partial charge in [-0.25, -0.2) is 0 Å². The Bertz CT molecular complexity index is 409. The molecule has 1 aromatic heterocycles. The molecule has 1 nitrogen and oxygen atoms in total. The molecule has 0 atom stereocenters. The van der Waals surface area contributed by atoms with Gasteiger partial charge in [0.2, 0.25) is 0 Å². The third-order valence-electron chi connectivity index (χ3n) is 2.58. The van der Waals surface area contributed by atoms with Crippen LogP contribution < -0.4 is 0 Å². The van der Waals surface area contributed by atoms with E-state index in [1.807, 2.05) is 6.20 Å². The molecule has 75 valence electrons. The normalized spacial score (nSPS) is 10.0. The van der Waals surface area contributed by atoms with Crippen LogP contribution in [-0.4, -0.2) is 4.98 Å². The summed E-state index contributed by atoms with van der Waals surface area (Å²) in [7, 11) is 0. The number of hydrogen-bond donors (Lipinski definition) is 0. The molecular formula is C13H14NY-. The van der Waals surface area contributed by atoms with Crippen LogP contribution in [0.3, 0.4) is 0 Å². The number of aromatic nitrogens is 1. The van der Waals surface area contributed by atoms with Crippen molar-refractivity contribution >= 4 is 10.8 Å². The molecule has 0 amide bonds. The van der Waals surface area contributed by atoms with Gasteiger partial charge in [0.15, 0.2) is 0 Å². The third kappa shape index (κ3) is 2.46. The summed E-state index contributed by atoms with van der Waals surface area (Å²) in [6, 6.07) is 8.42. The van der Waals surface area contributed by atoms with Gasteiger partial charge < -0.3 is 6.92 Å². The van der Waals surface area contributed by atoms with Gasteiger partial charge in [0.25, 0.3) is 0 Å². The van der Waals surface area contributed by atoms with Crippen molar-refractivity contribution in [2.45, 2.75) is 19.8 Å². The Kier molecular flexibility index (Phi) is 4.88. The van der Waals surface area contributed by atoms with Crippen LogP contribution in [-0.2, 0) is 45.6 Å². The van der Waals surface area contributed by atoms with Gasteiger partial charge in [-0.05, 0) is 17.4 Å². The van der Waals surface area contributed by atoms with Gasteiger partial charge in [-0.2, -0.15) is 0 Å². The van der Waals surface area contributed by atoms with E-state index in [0.29, 0.717) is 0 Å². The van der Waals surface area contributed by atoms with E-state index >= 15 is 0 Å². The zero-order valence-corrected chi connectivity index (χ0v) is 11.9. The Morgan fingerprint density at radius 2 is 1.87 bits per heavy atom. The minimum absolute atomic E-state index is 0. The number of nitrogens with zero attached hydrogens (tertiary/aromatic N) is 1. The first-order valence-corrected chi connectivity index (χ1v) is 5.01. The fraction of sp³-hybridized carbons (Fsp3) is 0.231. The minimum Gasteiger partial charge on any atom is -0.338 e. The van der Waals surface area contributed by atoms with Crippen molar-refractivity contribution in [3.8, 4) is 0 Å². The van der Waals surface area contributed by atoms with E-state index in [1.54, 1.807) is 0 Å². The van der Waals surface area contributed by atoms with Crippen molar-refractivity contribution in [1.82, 2.24) is 4.98 Å². The maximum absolute atomic E-state index is 4.43.